The van der Waals surface area contributed by atoms with Crippen LogP contribution in [0.5, 0.6) is 11.5 Å². The van der Waals surface area contributed by atoms with E-state index in [1.165, 1.54) is 0 Å². The minimum absolute atomic E-state index is 0.0819. The lowest BCUT2D eigenvalue weighted by Gasteiger charge is -2.27. The van der Waals surface area contributed by atoms with Gasteiger partial charge in [0.2, 0.25) is 5.91 Å². The molecule has 0 saturated carbocycles. The van der Waals surface area contributed by atoms with E-state index in [1.807, 2.05) is 43.3 Å². The van der Waals surface area contributed by atoms with E-state index in [1.54, 1.807) is 21.3 Å². The lowest BCUT2D eigenvalue weighted by atomic mass is 9.90. The third-order valence-electron chi connectivity index (χ3n) is 6.98. The summed E-state index contributed by atoms with van der Waals surface area (Å²) in [7, 11) is 4.96. The molecule has 9 nitrogen and oxygen atoms in total. The molecule has 1 saturated heterocycles. The van der Waals surface area contributed by atoms with Crippen molar-refractivity contribution in [2.75, 3.05) is 39.7 Å². The highest BCUT2D eigenvalue weighted by Crippen LogP contribution is 2.32. The van der Waals surface area contributed by atoms with Crippen LogP contribution in [0.15, 0.2) is 30.3 Å². The Morgan fingerprint density at radius 1 is 1.07 bits per heavy atom. The zero-order valence-corrected chi connectivity index (χ0v) is 23.3. The molecule has 0 aliphatic carbocycles. The molecular formula is C29H35F3N2O7. The molecule has 41 heavy (non-hydrogen) atoms. The van der Waals surface area contributed by atoms with E-state index in [-0.39, 0.29) is 17.9 Å². The van der Waals surface area contributed by atoms with Crippen LogP contribution in [-0.2, 0) is 32.3 Å². The summed E-state index contributed by atoms with van der Waals surface area (Å²) in [6, 6.07) is 9.89. The number of carbonyl (C=O) groups excluding carboxylic acids is 1. The van der Waals surface area contributed by atoms with Crippen LogP contribution >= 0.6 is 0 Å². The van der Waals surface area contributed by atoms with Crippen LogP contribution in [-0.4, -0.2) is 63.7 Å². The number of anilines is 1. The van der Waals surface area contributed by atoms with Crippen LogP contribution in [0.25, 0.3) is 12.2 Å². The standard InChI is InChI=1S/C27H34N2O5.C2HF3O2/c1-17(26(33-4)20-9-10-28-14-20)27(30)29-23-12-18(7-8-24(23)31-2)5-6-19-11-21-15-34-16-22(21)25(13-19)32-3;3-2(4,5)1(6)7/h5-8,11-13,17,20,26,28H,9-10,14-16H2,1-4H3,(H,29,30);(H,6,7)/b6-5-;. The van der Waals surface area contributed by atoms with Crippen molar-refractivity contribution >= 4 is 29.7 Å². The number of hydrogen-bond acceptors (Lipinski definition) is 7. The van der Waals surface area contributed by atoms with Gasteiger partial charge in [-0.05, 0) is 59.8 Å². The molecule has 3 unspecified atom stereocenters. The molecule has 2 aliphatic heterocycles. The number of alkyl halides is 3. The lowest BCUT2D eigenvalue weighted by molar-refractivity contribution is -0.192. The second kappa shape index (κ2) is 14.3. The number of nitrogens with one attached hydrogen (secondary N) is 2. The summed E-state index contributed by atoms with van der Waals surface area (Å²) >= 11 is 0. The average Bonchev–Trinajstić information content (AvgIpc) is 3.64. The maximum Gasteiger partial charge on any atom is 0.490 e. The second-order valence-corrected chi connectivity index (χ2v) is 9.68. The highest BCUT2D eigenvalue weighted by atomic mass is 19.4. The summed E-state index contributed by atoms with van der Waals surface area (Å²) in [6.07, 6.45) is -0.162. The first kappa shape index (κ1) is 31.9. The predicted molar refractivity (Wildman–Crippen MR) is 147 cm³/mol. The number of carboxylic acid groups (broad SMARTS) is 1. The van der Waals surface area contributed by atoms with E-state index >= 15 is 0 Å². The van der Waals surface area contributed by atoms with Crippen LogP contribution in [0.1, 0.15) is 35.6 Å². The summed E-state index contributed by atoms with van der Waals surface area (Å²) in [5, 5.41) is 13.5. The van der Waals surface area contributed by atoms with Gasteiger partial charge >= 0.3 is 12.1 Å². The average molecular weight is 581 g/mol. The van der Waals surface area contributed by atoms with Crippen LogP contribution < -0.4 is 20.1 Å². The topological polar surface area (TPSA) is 115 Å². The Hall–Kier alpha value is -3.61. The van der Waals surface area contributed by atoms with Gasteiger partial charge < -0.3 is 34.7 Å². The van der Waals surface area contributed by atoms with E-state index < -0.39 is 12.1 Å². The number of carboxylic acids is 1. The normalized spacial score (nSPS) is 17.8. The fraction of sp³-hybridized carbons (Fsp3) is 0.448. The van der Waals surface area contributed by atoms with Crippen molar-refractivity contribution in [1.29, 1.82) is 0 Å². The molecule has 12 heteroatoms. The molecule has 2 aromatic rings. The number of amides is 1. The molecular weight excluding hydrogens is 545 g/mol. The predicted octanol–water partition coefficient (Wildman–Crippen LogP) is 4.74. The molecule has 2 aromatic carbocycles. The molecule has 2 heterocycles. The maximum atomic E-state index is 13.1. The van der Waals surface area contributed by atoms with E-state index in [0.717, 1.165) is 47.5 Å². The molecule has 1 fully saturated rings. The Balaban J connectivity index is 0.000000587. The Bertz CT molecular complexity index is 1240. The van der Waals surface area contributed by atoms with E-state index in [0.29, 0.717) is 30.6 Å². The van der Waals surface area contributed by atoms with Crippen molar-refractivity contribution in [2.45, 2.75) is 38.8 Å². The molecule has 1 amide bonds. The number of aliphatic carboxylic acids is 1. The second-order valence-electron chi connectivity index (χ2n) is 9.68. The number of rotatable bonds is 9. The summed E-state index contributed by atoms with van der Waals surface area (Å²) in [5.74, 6) is -1.34. The van der Waals surface area contributed by atoms with Crippen molar-refractivity contribution in [3.8, 4) is 11.5 Å². The monoisotopic (exact) mass is 580 g/mol. The largest absolute Gasteiger partial charge is 0.496 e. The van der Waals surface area contributed by atoms with Crippen LogP contribution in [0, 0.1) is 11.8 Å². The van der Waals surface area contributed by atoms with Gasteiger partial charge in [-0.3, -0.25) is 4.79 Å². The fourth-order valence-electron chi connectivity index (χ4n) is 4.84. The van der Waals surface area contributed by atoms with Gasteiger partial charge in [-0.15, -0.1) is 0 Å². The Morgan fingerprint density at radius 2 is 1.76 bits per heavy atom. The molecule has 0 radical (unpaired) electrons. The van der Waals surface area contributed by atoms with Crippen molar-refractivity contribution in [3.63, 3.8) is 0 Å². The smallest absolute Gasteiger partial charge is 0.490 e. The van der Waals surface area contributed by atoms with Gasteiger partial charge in [0.05, 0.1) is 45.1 Å². The Morgan fingerprint density at radius 3 is 2.34 bits per heavy atom. The Kier molecular flexibility index (Phi) is 11.2. The molecule has 3 N–H and O–H groups in total. The zero-order chi connectivity index (χ0) is 30.2. The van der Waals surface area contributed by atoms with Crippen molar-refractivity contribution < 1.29 is 46.8 Å². The van der Waals surface area contributed by atoms with Crippen molar-refractivity contribution in [2.24, 2.45) is 11.8 Å². The number of halogens is 3. The molecule has 0 spiro atoms. The zero-order valence-electron chi connectivity index (χ0n) is 23.3. The highest BCUT2D eigenvalue weighted by Gasteiger charge is 2.38. The number of fused-ring (bicyclic) bond motifs is 1. The third-order valence-corrected chi connectivity index (χ3v) is 6.98. The number of carbonyl (C=O) groups is 2. The van der Waals surface area contributed by atoms with Gasteiger partial charge in [0.25, 0.3) is 0 Å². The van der Waals surface area contributed by atoms with Crippen LogP contribution in [0.3, 0.4) is 0 Å². The first-order chi connectivity index (χ1) is 19.5. The summed E-state index contributed by atoms with van der Waals surface area (Å²) in [5.41, 5.74) is 4.89. The van der Waals surface area contributed by atoms with Crippen molar-refractivity contribution in [1.82, 2.24) is 5.32 Å². The van der Waals surface area contributed by atoms with Crippen molar-refractivity contribution in [3.05, 3.63) is 52.6 Å². The Labute approximate surface area is 236 Å². The van der Waals surface area contributed by atoms with E-state index in [9.17, 15) is 18.0 Å². The van der Waals surface area contributed by atoms with Gasteiger partial charge in [0, 0.05) is 19.2 Å². The van der Waals surface area contributed by atoms with E-state index in [2.05, 4.69) is 16.7 Å². The van der Waals surface area contributed by atoms with Gasteiger partial charge in [-0.2, -0.15) is 13.2 Å². The third kappa shape index (κ3) is 8.44. The summed E-state index contributed by atoms with van der Waals surface area (Å²) in [6.45, 7) is 4.94. The van der Waals surface area contributed by atoms with E-state index in [4.69, 9.17) is 28.8 Å². The van der Waals surface area contributed by atoms with Crippen LogP contribution in [0.4, 0.5) is 18.9 Å². The molecule has 3 atom stereocenters. The van der Waals surface area contributed by atoms with Gasteiger partial charge in [0.15, 0.2) is 0 Å². The van der Waals surface area contributed by atoms with Gasteiger partial charge in [-0.1, -0.05) is 25.1 Å². The molecule has 4 rings (SSSR count). The summed E-state index contributed by atoms with van der Waals surface area (Å²) in [4.78, 5) is 22.0. The number of benzene rings is 2. The SMILES string of the molecule is COc1ccc(/C=C\c2cc3c(c(OC)c2)COC3)cc1NC(=O)C(C)C(OC)C1CCNC1.O=C(O)C(F)(F)F. The molecule has 2 aliphatic rings. The number of hydrogen-bond donors (Lipinski definition) is 3. The number of ether oxygens (including phenoxy) is 4. The fourth-order valence-corrected chi connectivity index (χ4v) is 4.84. The highest BCUT2D eigenvalue weighted by molar-refractivity contribution is 5.94. The minimum Gasteiger partial charge on any atom is -0.496 e. The summed E-state index contributed by atoms with van der Waals surface area (Å²) < 4.78 is 54.0. The number of methoxy groups -OCH3 is 3. The first-order valence-corrected chi connectivity index (χ1v) is 13.0. The quantitative estimate of drug-likeness (QED) is 0.365. The molecule has 0 bridgehead atoms. The van der Waals surface area contributed by atoms with Gasteiger partial charge in [0.1, 0.15) is 11.5 Å². The first-order valence-electron chi connectivity index (χ1n) is 13.0. The molecule has 0 aromatic heterocycles. The lowest BCUT2D eigenvalue weighted by Crippen LogP contribution is -2.38. The van der Waals surface area contributed by atoms with Crippen LogP contribution in [0.2, 0.25) is 0 Å². The minimum atomic E-state index is -5.08. The maximum absolute atomic E-state index is 13.1. The van der Waals surface area contributed by atoms with Gasteiger partial charge in [-0.25, -0.2) is 4.79 Å². The molecule has 224 valence electrons.